The van der Waals surface area contributed by atoms with Crippen molar-refractivity contribution in [3.8, 4) is 0 Å². The summed E-state index contributed by atoms with van der Waals surface area (Å²) in [7, 11) is 0. The van der Waals surface area contributed by atoms with E-state index in [2.05, 4.69) is 32.2 Å². The molecule has 1 saturated carbocycles. The summed E-state index contributed by atoms with van der Waals surface area (Å²) < 4.78 is 0. The minimum absolute atomic E-state index is 0.179. The van der Waals surface area contributed by atoms with E-state index >= 15 is 0 Å². The number of allylic oxidation sites excluding steroid dienone is 2. The van der Waals surface area contributed by atoms with E-state index in [4.69, 9.17) is 0 Å². The molecule has 1 N–H and O–H groups in total. The van der Waals surface area contributed by atoms with Crippen molar-refractivity contribution in [1.82, 2.24) is 5.32 Å². The first kappa shape index (κ1) is 13.3. The van der Waals surface area contributed by atoms with E-state index < -0.39 is 0 Å². The first-order valence-electron chi connectivity index (χ1n) is 6.38. The Morgan fingerprint density at radius 3 is 2.75 bits per heavy atom. The molecular weight excluding hydrogens is 198 g/mol. The highest BCUT2D eigenvalue weighted by Crippen LogP contribution is 2.55. The smallest absolute Gasteiger partial charge is 0.219 e. The summed E-state index contributed by atoms with van der Waals surface area (Å²) in [6, 6.07) is 0. The molecule has 1 fully saturated rings. The number of amides is 1. The average Bonchev–Trinajstić information content (AvgIpc) is 2.85. The normalized spacial score (nSPS) is 27.4. The van der Waals surface area contributed by atoms with Gasteiger partial charge >= 0.3 is 0 Å². The predicted molar refractivity (Wildman–Crippen MR) is 68.2 cm³/mol. The molecule has 2 atom stereocenters. The molecule has 1 aliphatic rings. The first-order chi connectivity index (χ1) is 7.48. The summed E-state index contributed by atoms with van der Waals surface area (Å²) in [6.45, 7) is 9.41. The van der Waals surface area contributed by atoms with Crippen LogP contribution in [-0.4, -0.2) is 12.5 Å². The first-order valence-corrected chi connectivity index (χ1v) is 6.38. The molecule has 0 radical (unpaired) electrons. The molecule has 2 heteroatoms. The molecular formula is C14H25NO. The maximum atomic E-state index is 11.1. The van der Waals surface area contributed by atoms with Crippen LogP contribution in [0.5, 0.6) is 0 Å². The van der Waals surface area contributed by atoms with Gasteiger partial charge in [0.25, 0.3) is 0 Å². The van der Waals surface area contributed by atoms with Crippen LogP contribution in [0.15, 0.2) is 11.6 Å². The van der Waals surface area contributed by atoms with Gasteiger partial charge in [-0.05, 0) is 44.4 Å². The van der Waals surface area contributed by atoms with Crippen molar-refractivity contribution in [2.45, 2.75) is 53.4 Å². The van der Waals surface area contributed by atoms with E-state index in [1.54, 1.807) is 0 Å². The molecule has 0 bridgehead atoms. The minimum atomic E-state index is 0.179. The molecule has 1 amide bonds. The van der Waals surface area contributed by atoms with Crippen LogP contribution in [0.4, 0.5) is 0 Å². The topological polar surface area (TPSA) is 29.1 Å². The summed E-state index contributed by atoms with van der Waals surface area (Å²) >= 11 is 0. The SMILES string of the molecule is CCC(=O)NCC1CC1(C)CCC=C(C)C. The molecule has 0 aromatic carbocycles. The lowest BCUT2D eigenvalue weighted by Crippen LogP contribution is -2.25. The summed E-state index contributed by atoms with van der Waals surface area (Å²) in [5.41, 5.74) is 1.88. The molecule has 0 aromatic rings. The standard InChI is InChI=1S/C14H25NO/c1-5-13(16)15-10-12-9-14(12,4)8-6-7-11(2)3/h7,12H,5-6,8-10H2,1-4H3,(H,15,16). The number of hydrogen-bond donors (Lipinski definition) is 1. The largest absolute Gasteiger partial charge is 0.356 e. The fourth-order valence-electron chi connectivity index (χ4n) is 2.18. The van der Waals surface area contributed by atoms with E-state index in [9.17, 15) is 4.79 Å². The zero-order valence-electron chi connectivity index (χ0n) is 11.1. The molecule has 0 heterocycles. The lowest BCUT2D eigenvalue weighted by molar-refractivity contribution is -0.120. The molecule has 1 rings (SSSR count). The van der Waals surface area contributed by atoms with Gasteiger partial charge in [-0.3, -0.25) is 4.79 Å². The van der Waals surface area contributed by atoms with Crippen LogP contribution in [0.2, 0.25) is 0 Å². The van der Waals surface area contributed by atoms with Gasteiger partial charge in [0.05, 0.1) is 0 Å². The zero-order valence-corrected chi connectivity index (χ0v) is 11.1. The number of nitrogens with one attached hydrogen (secondary N) is 1. The zero-order chi connectivity index (χ0) is 12.2. The Morgan fingerprint density at radius 2 is 2.19 bits per heavy atom. The Bertz CT molecular complexity index is 278. The van der Waals surface area contributed by atoms with Gasteiger partial charge in [-0.15, -0.1) is 0 Å². The molecule has 0 aliphatic heterocycles. The molecule has 0 spiro atoms. The Morgan fingerprint density at radius 1 is 1.50 bits per heavy atom. The Hall–Kier alpha value is -0.790. The predicted octanol–water partition coefficient (Wildman–Crippen LogP) is 3.29. The maximum Gasteiger partial charge on any atom is 0.219 e. The van der Waals surface area contributed by atoms with Crippen LogP contribution in [0.1, 0.15) is 53.4 Å². The van der Waals surface area contributed by atoms with Gasteiger partial charge in [-0.2, -0.15) is 0 Å². The fraction of sp³-hybridized carbons (Fsp3) is 0.786. The molecule has 0 aromatic heterocycles. The molecule has 2 nitrogen and oxygen atoms in total. The third-order valence-corrected chi connectivity index (χ3v) is 3.67. The minimum Gasteiger partial charge on any atom is -0.356 e. The van der Waals surface area contributed by atoms with Gasteiger partial charge in [-0.1, -0.05) is 25.5 Å². The molecule has 92 valence electrons. The van der Waals surface area contributed by atoms with E-state index in [0.29, 0.717) is 17.8 Å². The summed E-state index contributed by atoms with van der Waals surface area (Å²) in [6.07, 6.45) is 6.61. The number of hydrogen-bond acceptors (Lipinski definition) is 1. The van der Waals surface area contributed by atoms with Crippen molar-refractivity contribution in [3.05, 3.63) is 11.6 Å². The molecule has 1 aliphatic carbocycles. The van der Waals surface area contributed by atoms with Crippen molar-refractivity contribution >= 4 is 5.91 Å². The molecule has 2 unspecified atom stereocenters. The number of carbonyl (C=O) groups excluding carboxylic acids is 1. The van der Waals surface area contributed by atoms with Crippen molar-refractivity contribution in [3.63, 3.8) is 0 Å². The van der Waals surface area contributed by atoms with Crippen LogP contribution in [0.25, 0.3) is 0 Å². The number of carbonyl (C=O) groups is 1. The number of rotatable bonds is 6. The highest BCUT2D eigenvalue weighted by molar-refractivity contribution is 5.75. The van der Waals surface area contributed by atoms with Crippen molar-refractivity contribution in [2.75, 3.05) is 6.54 Å². The van der Waals surface area contributed by atoms with E-state index in [1.807, 2.05) is 6.92 Å². The van der Waals surface area contributed by atoms with Gasteiger partial charge in [0.15, 0.2) is 0 Å². The van der Waals surface area contributed by atoms with Crippen LogP contribution >= 0.6 is 0 Å². The maximum absolute atomic E-state index is 11.1. The second-order valence-corrected chi connectivity index (χ2v) is 5.53. The third-order valence-electron chi connectivity index (χ3n) is 3.67. The van der Waals surface area contributed by atoms with Crippen LogP contribution in [0.3, 0.4) is 0 Å². The van der Waals surface area contributed by atoms with Gasteiger partial charge in [0, 0.05) is 13.0 Å². The molecule has 16 heavy (non-hydrogen) atoms. The second kappa shape index (κ2) is 5.51. The lowest BCUT2D eigenvalue weighted by atomic mass is 9.99. The van der Waals surface area contributed by atoms with Crippen LogP contribution < -0.4 is 5.32 Å². The van der Waals surface area contributed by atoms with Gasteiger partial charge in [0.2, 0.25) is 5.91 Å². The Kier molecular flexibility index (Phi) is 4.57. The molecule has 0 saturated heterocycles. The van der Waals surface area contributed by atoms with Crippen molar-refractivity contribution < 1.29 is 4.79 Å². The van der Waals surface area contributed by atoms with E-state index in [1.165, 1.54) is 24.8 Å². The van der Waals surface area contributed by atoms with Crippen LogP contribution in [-0.2, 0) is 4.79 Å². The van der Waals surface area contributed by atoms with Gasteiger partial charge in [0.1, 0.15) is 0 Å². The monoisotopic (exact) mass is 223 g/mol. The van der Waals surface area contributed by atoms with Gasteiger partial charge < -0.3 is 5.32 Å². The van der Waals surface area contributed by atoms with Crippen molar-refractivity contribution in [2.24, 2.45) is 11.3 Å². The van der Waals surface area contributed by atoms with Crippen LogP contribution in [0, 0.1) is 11.3 Å². The highest BCUT2D eigenvalue weighted by atomic mass is 16.1. The second-order valence-electron chi connectivity index (χ2n) is 5.53. The Balaban J connectivity index is 2.20. The average molecular weight is 223 g/mol. The quantitative estimate of drug-likeness (QED) is 0.688. The van der Waals surface area contributed by atoms with Crippen molar-refractivity contribution in [1.29, 1.82) is 0 Å². The summed E-state index contributed by atoms with van der Waals surface area (Å²) in [4.78, 5) is 11.1. The lowest BCUT2D eigenvalue weighted by Gasteiger charge is -2.10. The Labute approximate surface area is 99.5 Å². The van der Waals surface area contributed by atoms with E-state index in [0.717, 1.165) is 6.54 Å². The summed E-state index contributed by atoms with van der Waals surface area (Å²) in [5.74, 6) is 0.882. The fourth-order valence-corrected chi connectivity index (χ4v) is 2.18. The third kappa shape index (κ3) is 3.99. The highest BCUT2D eigenvalue weighted by Gasteiger charge is 2.48. The van der Waals surface area contributed by atoms with Gasteiger partial charge in [-0.25, -0.2) is 0 Å². The van der Waals surface area contributed by atoms with E-state index in [-0.39, 0.29) is 5.91 Å². The summed E-state index contributed by atoms with van der Waals surface area (Å²) in [5, 5.41) is 2.99.